The molecule has 168 valence electrons. The summed E-state index contributed by atoms with van der Waals surface area (Å²) >= 11 is 0. The van der Waals surface area contributed by atoms with Crippen LogP contribution in [0.3, 0.4) is 0 Å². The Morgan fingerprint density at radius 1 is 0.941 bits per heavy atom. The van der Waals surface area contributed by atoms with Crippen molar-refractivity contribution in [3.63, 3.8) is 0 Å². The lowest BCUT2D eigenvalue weighted by Crippen LogP contribution is -2.42. The molecule has 2 N–H and O–H groups in total. The normalized spacial score (nSPS) is 10.9. The first-order chi connectivity index (χ1) is 16.6. The number of rotatable bonds is 5. The van der Waals surface area contributed by atoms with Crippen LogP contribution in [0.5, 0.6) is 5.75 Å². The monoisotopic (exact) mass is 452 g/mol. The summed E-state index contributed by atoms with van der Waals surface area (Å²) in [6.07, 6.45) is 3.23. The first kappa shape index (κ1) is 21.1. The van der Waals surface area contributed by atoms with E-state index in [1.54, 1.807) is 31.5 Å². The molecule has 5 aromatic rings. The van der Waals surface area contributed by atoms with Crippen LogP contribution in [0.1, 0.15) is 15.9 Å². The number of hydrazine groups is 1. The van der Waals surface area contributed by atoms with Crippen molar-refractivity contribution in [3.05, 3.63) is 90.3 Å². The SMILES string of the molecule is COc1ccc2c(CC(=O)NNC(=O)c3cc(-c4ccccn4)nc4ccccc34)coc2c1. The van der Waals surface area contributed by atoms with Crippen molar-refractivity contribution < 1.29 is 18.7 Å². The van der Waals surface area contributed by atoms with Gasteiger partial charge in [0.1, 0.15) is 11.3 Å². The third-order valence-corrected chi connectivity index (χ3v) is 5.42. The van der Waals surface area contributed by atoms with Crippen molar-refractivity contribution in [1.29, 1.82) is 0 Å². The molecular weight excluding hydrogens is 432 g/mol. The van der Waals surface area contributed by atoms with E-state index in [4.69, 9.17) is 9.15 Å². The lowest BCUT2D eigenvalue weighted by Gasteiger charge is -2.11. The van der Waals surface area contributed by atoms with Crippen LogP contribution in [-0.2, 0) is 11.2 Å². The van der Waals surface area contributed by atoms with Gasteiger partial charge in [-0.05, 0) is 36.4 Å². The number of nitrogens with one attached hydrogen (secondary N) is 2. The van der Waals surface area contributed by atoms with E-state index in [0.29, 0.717) is 44.8 Å². The Balaban J connectivity index is 1.34. The van der Waals surface area contributed by atoms with Gasteiger partial charge in [-0.15, -0.1) is 0 Å². The molecule has 0 fully saturated rings. The van der Waals surface area contributed by atoms with Gasteiger partial charge in [-0.3, -0.25) is 25.4 Å². The predicted octanol–water partition coefficient (Wildman–Crippen LogP) is 4.06. The Morgan fingerprint density at radius 3 is 2.62 bits per heavy atom. The van der Waals surface area contributed by atoms with Gasteiger partial charge in [-0.25, -0.2) is 4.98 Å². The largest absolute Gasteiger partial charge is 0.497 e. The third-order valence-electron chi connectivity index (χ3n) is 5.42. The maximum Gasteiger partial charge on any atom is 0.270 e. The topological polar surface area (TPSA) is 106 Å². The molecule has 8 heteroatoms. The minimum absolute atomic E-state index is 0.0376. The average Bonchev–Trinajstić information content (AvgIpc) is 3.28. The zero-order chi connectivity index (χ0) is 23.5. The lowest BCUT2D eigenvalue weighted by atomic mass is 10.1. The minimum Gasteiger partial charge on any atom is -0.497 e. The predicted molar refractivity (Wildman–Crippen MR) is 127 cm³/mol. The molecule has 5 rings (SSSR count). The van der Waals surface area contributed by atoms with Gasteiger partial charge in [0, 0.05) is 28.6 Å². The molecule has 0 bridgehead atoms. The highest BCUT2D eigenvalue weighted by Crippen LogP contribution is 2.26. The van der Waals surface area contributed by atoms with E-state index in [0.717, 1.165) is 5.39 Å². The number of hydrogen-bond acceptors (Lipinski definition) is 6. The summed E-state index contributed by atoms with van der Waals surface area (Å²) < 4.78 is 10.7. The summed E-state index contributed by atoms with van der Waals surface area (Å²) in [5.41, 5.74) is 8.58. The van der Waals surface area contributed by atoms with Gasteiger partial charge in [-0.1, -0.05) is 24.3 Å². The molecule has 0 spiro atoms. The Bertz CT molecular complexity index is 1510. The number of hydrogen-bond donors (Lipinski definition) is 2. The second kappa shape index (κ2) is 9.03. The van der Waals surface area contributed by atoms with Gasteiger partial charge in [-0.2, -0.15) is 0 Å². The quantitative estimate of drug-likeness (QED) is 0.390. The summed E-state index contributed by atoms with van der Waals surface area (Å²) in [6, 6.07) is 19.9. The Kier molecular flexibility index (Phi) is 5.61. The summed E-state index contributed by atoms with van der Waals surface area (Å²) in [6.45, 7) is 0. The fraction of sp³-hybridized carbons (Fsp3) is 0.0769. The molecular formula is C26H20N4O4. The average molecular weight is 452 g/mol. The van der Waals surface area contributed by atoms with E-state index in [1.807, 2.05) is 48.5 Å². The van der Waals surface area contributed by atoms with Gasteiger partial charge < -0.3 is 9.15 Å². The van der Waals surface area contributed by atoms with Crippen molar-refractivity contribution in [2.75, 3.05) is 7.11 Å². The zero-order valence-electron chi connectivity index (χ0n) is 18.2. The molecule has 0 aliphatic heterocycles. The number of methoxy groups -OCH3 is 1. The number of furan rings is 1. The Morgan fingerprint density at radius 2 is 1.79 bits per heavy atom. The molecule has 2 aromatic carbocycles. The lowest BCUT2D eigenvalue weighted by molar-refractivity contribution is -0.121. The summed E-state index contributed by atoms with van der Waals surface area (Å²) in [5, 5.41) is 1.48. The fourth-order valence-electron chi connectivity index (χ4n) is 3.75. The smallest absolute Gasteiger partial charge is 0.270 e. The molecule has 0 unspecified atom stereocenters. The van der Waals surface area contributed by atoms with Gasteiger partial charge in [0.25, 0.3) is 5.91 Å². The zero-order valence-corrected chi connectivity index (χ0v) is 18.2. The highest BCUT2D eigenvalue weighted by Gasteiger charge is 2.16. The first-order valence-corrected chi connectivity index (χ1v) is 10.6. The van der Waals surface area contributed by atoms with Crippen molar-refractivity contribution >= 4 is 33.7 Å². The van der Waals surface area contributed by atoms with Crippen molar-refractivity contribution in [3.8, 4) is 17.1 Å². The summed E-state index contributed by atoms with van der Waals surface area (Å²) in [5.74, 6) is -0.166. The van der Waals surface area contributed by atoms with Crippen LogP contribution in [0.25, 0.3) is 33.3 Å². The minimum atomic E-state index is -0.453. The number of fused-ring (bicyclic) bond motifs is 2. The number of aromatic nitrogens is 2. The van der Waals surface area contributed by atoms with Crippen molar-refractivity contribution in [2.45, 2.75) is 6.42 Å². The second-order valence-electron chi connectivity index (χ2n) is 7.59. The number of ether oxygens (including phenoxy) is 1. The van der Waals surface area contributed by atoms with Crippen LogP contribution in [0.2, 0.25) is 0 Å². The van der Waals surface area contributed by atoms with E-state index in [1.165, 1.54) is 6.26 Å². The molecule has 0 aliphatic rings. The van der Waals surface area contributed by atoms with Crippen LogP contribution in [0.4, 0.5) is 0 Å². The van der Waals surface area contributed by atoms with Crippen molar-refractivity contribution in [1.82, 2.24) is 20.8 Å². The number of pyridine rings is 2. The highest BCUT2D eigenvalue weighted by molar-refractivity contribution is 6.07. The molecule has 0 saturated carbocycles. The van der Waals surface area contributed by atoms with E-state index < -0.39 is 5.91 Å². The maximum atomic E-state index is 13.0. The Hall–Kier alpha value is -4.72. The molecule has 34 heavy (non-hydrogen) atoms. The molecule has 0 saturated heterocycles. The molecule has 0 aliphatic carbocycles. The van der Waals surface area contributed by atoms with Crippen LogP contribution < -0.4 is 15.6 Å². The van der Waals surface area contributed by atoms with E-state index in [2.05, 4.69) is 20.8 Å². The number of benzene rings is 2. The highest BCUT2D eigenvalue weighted by atomic mass is 16.5. The van der Waals surface area contributed by atoms with Crippen LogP contribution in [0, 0.1) is 0 Å². The van der Waals surface area contributed by atoms with E-state index in [-0.39, 0.29) is 12.3 Å². The van der Waals surface area contributed by atoms with Crippen molar-refractivity contribution in [2.24, 2.45) is 0 Å². The van der Waals surface area contributed by atoms with Crippen LogP contribution in [0.15, 0.2) is 83.6 Å². The van der Waals surface area contributed by atoms with Gasteiger partial charge in [0.15, 0.2) is 0 Å². The summed E-state index contributed by atoms with van der Waals surface area (Å²) in [7, 11) is 1.58. The second-order valence-corrected chi connectivity index (χ2v) is 7.59. The van der Waals surface area contributed by atoms with Crippen LogP contribution in [-0.4, -0.2) is 28.9 Å². The fourth-order valence-corrected chi connectivity index (χ4v) is 3.75. The van der Waals surface area contributed by atoms with E-state index in [9.17, 15) is 9.59 Å². The molecule has 3 heterocycles. The standard InChI is InChI=1S/C26H20N4O4/c1-33-17-9-10-18-16(15-34-24(18)13-17)12-25(31)29-30-26(32)20-14-23(22-8-4-5-11-27-22)28-21-7-3-2-6-19(20)21/h2-11,13-15H,12H2,1H3,(H,29,31)(H,30,32). The Labute approximate surface area is 194 Å². The molecule has 0 radical (unpaired) electrons. The molecule has 3 aromatic heterocycles. The number of nitrogens with zero attached hydrogens (tertiary/aromatic N) is 2. The van der Waals surface area contributed by atoms with Crippen LogP contribution >= 0.6 is 0 Å². The maximum absolute atomic E-state index is 13.0. The number of para-hydroxylation sites is 1. The number of amides is 2. The number of carbonyl (C=O) groups excluding carboxylic acids is 2. The third kappa shape index (κ3) is 4.16. The molecule has 8 nitrogen and oxygen atoms in total. The van der Waals surface area contributed by atoms with Gasteiger partial charge in [0.05, 0.1) is 42.3 Å². The molecule has 0 atom stereocenters. The van der Waals surface area contributed by atoms with Gasteiger partial charge >= 0.3 is 0 Å². The van der Waals surface area contributed by atoms with Gasteiger partial charge in [0.2, 0.25) is 5.91 Å². The van der Waals surface area contributed by atoms with E-state index >= 15 is 0 Å². The number of carbonyl (C=O) groups is 2. The summed E-state index contributed by atoms with van der Waals surface area (Å²) in [4.78, 5) is 34.5. The first-order valence-electron chi connectivity index (χ1n) is 10.6. The molecule has 2 amide bonds.